The van der Waals surface area contributed by atoms with Crippen LogP contribution >= 0.6 is 13.5 Å². The van der Waals surface area contributed by atoms with Crippen LogP contribution in [0.25, 0.3) is 11.3 Å². The van der Waals surface area contributed by atoms with Gasteiger partial charge >= 0.3 is 0 Å². The minimum Gasteiger partial charge on any atom is -0.385 e. The number of hydrogen-bond acceptors (Lipinski definition) is 3. The summed E-state index contributed by atoms with van der Waals surface area (Å²) in [5, 5.41) is 13.6. The van der Waals surface area contributed by atoms with Crippen molar-refractivity contribution in [1.82, 2.24) is 10.3 Å². The largest absolute Gasteiger partial charge is 0.385 e. The minimum atomic E-state index is -0.604. The second-order valence-corrected chi connectivity index (χ2v) is 6.41. The van der Waals surface area contributed by atoms with Crippen LogP contribution in [0.4, 0.5) is 0 Å². The fourth-order valence-electron chi connectivity index (χ4n) is 2.15. The zero-order valence-electron chi connectivity index (χ0n) is 13.7. The summed E-state index contributed by atoms with van der Waals surface area (Å²) in [5.74, 6) is 0. The number of aryl methyl sites for hydroxylation is 1. The van der Waals surface area contributed by atoms with Gasteiger partial charge in [-0.25, -0.2) is 0 Å². The highest BCUT2D eigenvalue weighted by Crippen LogP contribution is 2.22. The van der Waals surface area contributed by atoms with Crippen LogP contribution in [-0.2, 0) is 0 Å². The van der Waals surface area contributed by atoms with E-state index in [0.29, 0.717) is 12.2 Å². The van der Waals surface area contributed by atoms with E-state index in [2.05, 4.69) is 50.1 Å². The van der Waals surface area contributed by atoms with Crippen LogP contribution in [0.1, 0.15) is 38.1 Å². The number of hydrogen-bond donors (Lipinski definition) is 2. The number of benzene rings is 1. The Balaban J connectivity index is 0.00000242. The number of rotatable bonds is 4. The summed E-state index contributed by atoms with van der Waals surface area (Å²) in [6.45, 7) is 8.81. The number of nitrogens with zero attached hydrogens (tertiary/aromatic N) is 1. The molecule has 0 amide bonds. The molecule has 0 saturated heterocycles. The smallest absolute Gasteiger partial charge is 0.108 e. The first-order valence-corrected chi connectivity index (χ1v) is 7.33. The van der Waals surface area contributed by atoms with Gasteiger partial charge in [0.1, 0.15) is 6.10 Å². The maximum atomic E-state index is 10.3. The fraction of sp³-hybridized carbons (Fsp3) is 0.389. The standard InChI is InChI=1S/C18H24N2O.H2S/c1-13-8-5-6-9-14(13)15-10-7-11-16(20-15)17(21)12-19-18(2,3)4;/h5-11,17,19,21H,12H2,1-4H3;1H2/t17-;/m0./s1. The zero-order chi connectivity index (χ0) is 15.5. The van der Waals surface area contributed by atoms with Crippen molar-refractivity contribution < 1.29 is 5.11 Å². The first kappa shape index (κ1) is 18.7. The summed E-state index contributed by atoms with van der Waals surface area (Å²) in [6.07, 6.45) is -0.604. The SMILES string of the molecule is Cc1ccccc1-c1cccc([C@@H](O)CNC(C)(C)C)n1.S. The van der Waals surface area contributed by atoms with Crippen molar-refractivity contribution in [3.05, 3.63) is 53.7 Å². The first-order chi connectivity index (χ1) is 9.87. The molecule has 2 aromatic rings. The molecule has 0 aliphatic carbocycles. The van der Waals surface area contributed by atoms with Gasteiger partial charge in [0.15, 0.2) is 0 Å². The molecule has 0 aliphatic heterocycles. The van der Waals surface area contributed by atoms with E-state index < -0.39 is 6.10 Å². The molecule has 1 heterocycles. The lowest BCUT2D eigenvalue weighted by molar-refractivity contribution is 0.159. The average Bonchev–Trinajstić information content (AvgIpc) is 2.44. The highest BCUT2D eigenvalue weighted by atomic mass is 32.1. The number of pyridine rings is 1. The molecule has 0 saturated carbocycles. The molecule has 0 aliphatic rings. The van der Waals surface area contributed by atoms with E-state index in [1.54, 1.807) is 0 Å². The van der Waals surface area contributed by atoms with E-state index in [4.69, 9.17) is 0 Å². The first-order valence-electron chi connectivity index (χ1n) is 7.33. The van der Waals surface area contributed by atoms with Crippen LogP contribution < -0.4 is 5.32 Å². The molecular formula is C18H26N2OS. The van der Waals surface area contributed by atoms with Crippen molar-refractivity contribution in [3.8, 4) is 11.3 Å². The van der Waals surface area contributed by atoms with Gasteiger partial charge in [0, 0.05) is 17.6 Å². The molecule has 0 fully saturated rings. The van der Waals surface area contributed by atoms with Crippen molar-refractivity contribution in [2.45, 2.75) is 39.3 Å². The van der Waals surface area contributed by atoms with E-state index in [-0.39, 0.29) is 19.0 Å². The third-order valence-corrected chi connectivity index (χ3v) is 3.36. The number of nitrogens with one attached hydrogen (secondary N) is 1. The monoisotopic (exact) mass is 318 g/mol. The highest BCUT2D eigenvalue weighted by molar-refractivity contribution is 7.59. The summed E-state index contributed by atoms with van der Waals surface area (Å²) >= 11 is 0. The summed E-state index contributed by atoms with van der Waals surface area (Å²) in [5.41, 5.74) is 3.88. The summed E-state index contributed by atoms with van der Waals surface area (Å²) < 4.78 is 0. The van der Waals surface area contributed by atoms with Gasteiger partial charge in [0.05, 0.1) is 11.4 Å². The van der Waals surface area contributed by atoms with Gasteiger partial charge in [0.2, 0.25) is 0 Å². The van der Waals surface area contributed by atoms with Crippen molar-refractivity contribution >= 4 is 13.5 Å². The van der Waals surface area contributed by atoms with Crippen LogP contribution in [0.5, 0.6) is 0 Å². The van der Waals surface area contributed by atoms with Crippen LogP contribution in [0.3, 0.4) is 0 Å². The molecule has 1 aromatic heterocycles. The zero-order valence-corrected chi connectivity index (χ0v) is 14.7. The second-order valence-electron chi connectivity index (χ2n) is 6.41. The Labute approximate surface area is 140 Å². The van der Waals surface area contributed by atoms with Gasteiger partial charge in [-0.1, -0.05) is 30.3 Å². The van der Waals surface area contributed by atoms with E-state index in [0.717, 1.165) is 11.3 Å². The Kier molecular flexibility index (Phi) is 6.60. The lowest BCUT2D eigenvalue weighted by Gasteiger charge is -2.22. The van der Waals surface area contributed by atoms with Gasteiger partial charge in [-0.2, -0.15) is 13.5 Å². The fourth-order valence-corrected chi connectivity index (χ4v) is 2.15. The normalized spacial score (nSPS) is 12.6. The molecule has 0 unspecified atom stereocenters. The van der Waals surface area contributed by atoms with Crippen LogP contribution in [0.2, 0.25) is 0 Å². The number of aromatic nitrogens is 1. The van der Waals surface area contributed by atoms with Crippen molar-refractivity contribution in [1.29, 1.82) is 0 Å². The summed E-state index contributed by atoms with van der Waals surface area (Å²) in [6, 6.07) is 14.0. The second kappa shape index (κ2) is 7.77. The van der Waals surface area contributed by atoms with Crippen LogP contribution in [0, 0.1) is 6.92 Å². The maximum Gasteiger partial charge on any atom is 0.108 e. The number of β-amino-alcohol motifs (C(OH)–C–C–N with tert-alkyl or cyclic N) is 1. The third kappa shape index (κ3) is 5.13. The molecule has 2 rings (SSSR count). The average molecular weight is 318 g/mol. The molecule has 2 N–H and O–H groups in total. The van der Waals surface area contributed by atoms with E-state index >= 15 is 0 Å². The van der Waals surface area contributed by atoms with Gasteiger partial charge in [-0.15, -0.1) is 0 Å². The summed E-state index contributed by atoms with van der Waals surface area (Å²) in [4.78, 5) is 4.61. The molecule has 4 heteroatoms. The van der Waals surface area contributed by atoms with Crippen LogP contribution in [-0.4, -0.2) is 22.2 Å². The number of aliphatic hydroxyl groups is 1. The maximum absolute atomic E-state index is 10.3. The van der Waals surface area contributed by atoms with Gasteiger partial charge in [-0.3, -0.25) is 4.98 Å². The lowest BCUT2D eigenvalue weighted by atomic mass is 10.0. The molecule has 1 aromatic carbocycles. The Bertz CT molecular complexity index is 608. The van der Waals surface area contributed by atoms with Gasteiger partial charge in [-0.05, 0) is 45.4 Å². The molecule has 120 valence electrons. The molecule has 22 heavy (non-hydrogen) atoms. The molecule has 3 nitrogen and oxygen atoms in total. The van der Waals surface area contributed by atoms with E-state index in [1.807, 2.05) is 30.3 Å². The Hall–Kier alpha value is -1.36. The molecule has 0 spiro atoms. The molecule has 0 bridgehead atoms. The van der Waals surface area contributed by atoms with Crippen molar-refractivity contribution in [3.63, 3.8) is 0 Å². The predicted molar refractivity (Wildman–Crippen MR) is 97.5 cm³/mol. The Morgan fingerprint density at radius 3 is 2.41 bits per heavy atom. The quantitative estimate of drug-likeness (QED) is 0.905. The summed E-state index contributed by atoms with van der Waals surface area (Å²) in [7, 11) is 0. The molecule has 0 radical (unpaired) electrons. The highest BCUT2D eigenvalue weighted by Gasteiger charge is 2.15. The van der Waals surface area contributed by atoms with E-state index in [1.165, 1.54) is 5.56 Å². The van der Waals surface area contributed by atoms with Gasteiger partial charge < -0.3 is 10.4 Å². The Morgan fingerprint density at radius 1 is 1.09 bits per heavy atom. The topological polar surface area (TPSA) is 45.1 Å². The van der Waals surface area contributed by atoms with E-state index in [9.17, 15) is 5.11 Å². The van der Waals surface area contributed by atoms with Crippen molar-refractivity contribution in [2.24, 2.45) is 0 Å². The molecular weight excluding hydrogens is 292 g/mol. The minimum absolute atomic E-state index is 0. The molecule has 1 atom stereocenters. The van der Waals surface area contributed by atoms with Gasteiger partial charge in [0.25, 0.3) is 0 Å². The third-order valence-electron chi connectivity index (χ3n) is 3.36. The van der Waals surface area contributed by atoms with Crippen molar-refractivity contribution in [2.75, 3.05) is 6.54 Å². The number of aliphatic hydroxyl groups excluding tert-OH is 1. The lowest BCUT2D eigenvalue weighted by Crippen LogP contribution is -2.38. The Morgan fingerprint density at radius 2 is 1.77 bits per heavy atom. The van der Waals surface area contributed by atoms with Crippen LogP contribution in [0.15, 0.2) is 42.5 Å². The predicted octanol–water partition coefficient (Wildman–Crippen LogP) is 3.59.